The molecule has 2 heterocycles. The number of ether oxygens (including phenoxy) is 1. The van der Waals surface area contributed by atoms with Gasteiger partial charge in [-0.05, 0) is 51.3 Å². The van der Waals surface area contributed by atoms with Crippen molar-refractivity contribution in [1.82, 2.24) is 10.3 Å². The molecule has 2 aromatic heterocycles. The molecular formula is C21H27ClN2O3S. The Balaban J connectivity index is 1.75. The smallest absolute Gasteiger partial charge is 0.329 e. The fourth-order valence-corrected chi connectivity index (χ4v) is 4.71. The van der Waals surface area contributed by atoms with Crippen molar-refractivity contribution in [3.8, 4) is 0 Å². The van der Waals surface area contributed by atoms with Crippen molar-refractivity contribution in [3.63, 3.8) is 0 Å². The number of nitrogens with one attached hydrogen (secondary N) is 1. The highest BCUT2D eigenvalue weighted by Crippen LogP contribution is 2.29. The van der Waals surface area contributed by atoms with Gasteiger partial charge in [0.05, 0.1) is 4.88 Å². The maximum absolute atomic E-state index is 12.9. The van der Waals surface area contributed by atoms with Crippen molar-refractivity contribution in [3.05, 3.63) is 28.2 Å². The van der Waals surface area contributed by atoms with Gasteiger partial charge >= 0.3 is 5.97 Å². The summed E-state index contributed by atoms with van der Waals surface area (Å²) in [4.78, 5) is 31.1. The van der Waals surface area contributed by atoms with Gasteiger partial charge in [0.25, 0.3) is 5.91 Å². The molecule has 2 aromatic rings. The number of nitrogens with zero attached hydrogens (tertiary/aromatic N) is 1. The van der Waals surface area contributed by atoms with E-state index in [1.165, 1.54) is 30.6 Å². The predicted molar refractivity (Wildman–Crippen MR) is 113 cm³/mol. The van der Waals surface area contributed by atoms with Gasteiger partial charge in [0.15, 0.2) is 0 Å². The van der Waals surface area contributed by atoms with Crippen molar-refractivity contribution in [2.45, 2.75) is 70.9 Å². The van der Waals surface area contributed by atoms with Crippen LogP contribution in [0.5, 0.6) is 0 Å². The van der Waals surface area contributed by atoms with Gasteiger partial charge in [-0.15, -0.1) is 11.3 Å². The number of amides is 1. The number of aromatic nitrogens is 1. The number of hydrogen-bond donors (Lipinski definition) is 1. The number of halogens is 1. The van der Waals surface area contributed by atoms with E-state index >= 15 is 0 Å². The van der Waals surface area contributed by atoms with E-state index in [0.717, 1.165) is 18.2 Å². The topological polar surface area (TPSA) is 68.3 Å². The first-order valence-corrected chi connectivity index (χ1v) is 11.0. The van der Waals surface area contributed by atoms with Crippen LogP contribution in [0.15, 0.2) is 18.2 Å². The van der Waals surface area contributed by atoms with Crippen LogP contribution in [0.1, 0.15) is 69.0 Å². The van der Waals surface area contributed by atoms with E-state index in [1.54, 1.807) is 12.1 Å². The molecule has 0 unspecified atom stereocenters. The second-order valence-electron chi connectivity index (χ2n) is 8.44. The van der Waals surface area contributed by atoms with Crippen LogP contribution in [-0.2, 0) is 9.53 Å². The zero-order valence-electron chi connectivity index (χ0n) is 16.6. The number of hydrogen-bond acceptors (Lipinski definition) is 5. The third-order valence-corrected chi connectivity index (χ3v) is 6.12. The molecule has 1 saturated carbocycles. The lowest BCUT2D eigenvalue weighted by molar-refractivity contribution is -0.157. The lowest BCUT2D eigenvalue weighted by Gasteiger charge is -2.28. The summed E-state index contributed by atoms with van der Waals surface area (Å²) in [6.45, 7) is 5.52. The minimum absolute atomic E-state index is 0.272. The Morgan fingerprint density at radius 2 is 2.00 bits per heavy atom. The quantitative estimate of drug-likeness (QED) is 0.520. The molecule has 1 aliphatic carbocycles. The van der Waals surface area contributed by atoms with Gasteiger partial charge in [0.1, 0.15) is 21.6 Å². The Kier molecular flexibility index (Phi) is 6.61. The molecule has 152 valence electrons. The fraction of sp³-hybridized carbons (Fsp3) is 0.571. The normalized spacial score (nSPS) is 16.7. The number of esters is 1. The van der Waals surface area contributed by atoms with E-state index < -0.39 is 11.6 Å². The number of pyridine rings is 1. The van der Waals surface area contributed by atoms with E-state index in [9.17, 15) is 9.59 Å². The maximum Gasteiger partial charge on any atom is 0.329 e. The second-order valence-corrected chi connectivity index (χ2v) is 9.86. The van der Waals surface area contributed by atoms with E-state index in [0.29, 0.717) is 27.2 Å². The summed E-state index contributed by atoms with van der Waals surface area (Å²) in [5.41, 5.74) is -0.592. The van der Waals surface area contributed by atoms with Crippen LogP contribution < -0.4 is 5.32 Å². The van der Waals surface area contributed by atoms with Gasteiger partial charge in [-0.1, -0.05) is 43.7 Å². The summed E-state index contributed by atoms with van der Waals surface area (Å²) in [6, 6.07) is 4.68. The van der Waals surface area contributed by atoms with E-state index in [4.69, 9.17) is 16.3 Å². The van der Waals surface area contributed by atoms with Crippen LogP contribution in [0, 0.1) is 5.92 Å². The number of fused-ring (bicyclic) bond motifs is 1. The van der Waals surface area contributed by atoms with Crippen LogP contribution in [0.4, 0.5) is 0 Å². The van der Waals surface area contributed by atoms with Crippen LogP contribution in [0.25, 0.3) is 10.2 Å². The summed E-state index contributed by atoms with van der Waals surface area (Å²) in [6.07, 6.45) is 6.43. The zero-order valence-corrected chi connectivity index (χ0v) is 18.2. The lowest BCUT2D eigenvalue weighted by atomic mass is 9.84. The molecule has 1 aliphatic rings. The number of carbonyl (C=O) groups excluding carboxylic acids is 2. The largest absolute Gasteiger partial charge is 0.458 e. The molecule has 0 radical (unpaired) electrons. The summed E-state index contributed by atoms with van der Waals surface area (Å²) in [5, 5.41) is 4.17. The van der Waals surface area contributed by atoms with Crippen molar-refractivity contribution < 1.29 is 14.3 Å². The van der Waals surface area contributed by atoms with Crippen LogP contribution in [0.2, 0.25) is 5.15 Å². The van der Waals surface area contributed by atoms with Gasteiger partial charge in [-0.2, -0.15) is 0 Å². The molecule has 0 spiro atoms. The molecule has 1 N–H and O–H groups in total. The zero-order chi connectivity index (χ0) is 20.3. The number of rotatable bonds is 5. The van der Waals surface area contributed by atoms with Crippen LogP contribution >= 0.6 is 22.9 Å². The lowest BCUT2D eigenvalue weighted by Crippen LogP contribution is -2.45. The van der Waals surface area contributed by atoms with E-state index in [1.807, 2.05) is 26.8 Å². The molecule has 3 rings (SSSR count). The Morgan fingerprint density at radius 3 is 2.68 bits per heavy atom. The summed E-state index contributed by atoms with van der Waals surface area (Å²) in [5.74, 6) is -0.200. The van der Waals surface area contributed by atoms with Crippen molar-refractivity contribution in [2.75, 3.05) is 0 Å². The third kappa shape index (κ3) is 5.67. The highest BCUT2D eigenvalue weighted by atomic mass is 35.5. The summed E-state index contributed by atoms with van der Waals surface area (Å²) in [7, 11) is 0. The highest BCUT2D eigenvalue weighted by molar-refractivity contribution is 7.20. The first kappa shape index (κ1) is 21.1. The molecule has 7 heteroatoms. The summed E-state index contributed by atoms with van der Waals surface area (Å²) >= 11 is 7.21. The second kappa shape index (κ2) is 8.78. The molecule has 1 atom stereocenters. The predicted octanol–water partition coefficient (Wildman–Crippen LogP) is 5.36. The Labute approximate surface area is 174 Å². The third-order valence-electron chi connectivity index (χ3n) is 4.86. The molecule has 1 amide bonds. The number of carbonyl (C=O) groups is 2. The standard InChI is InChI=1S/C21H27ClN2O3S/c1-21(2,3)27-20(26)15(11-13-7-5-4-6-8-13)23-18(25)16-12-14-9-10-17(22)24-19(14)28-16/h9-10,12-13,15H,4-8,11H2,1-3H3,(H,23,25)/t15-/m1/s1. The molecule has 5 nitrogen and oxygen atoms in total. The van der Waals surface area contributed by atoms with E-state index in [2.05, 4.69) is 10.3 Å². The van der Waals surface area contributed by atoms with Gasteiger partial charge in [0, 0.05) is 5.39 Å². The van der Waals surface area contributed by atoms with Crippen molar-refractivity contribution in [1.29, 1.82) is 0 Å². The van der Waals surface area contributed by atoms with Crippen molar-refractivity contribution in [2.24, 2.45) is 5.92 Å². The molecule has 28 heavy (non-hydrogen) atoms. The Morgan fingerprint density at radius 1 is 1.29 bits per heavy atom. The minimum Gasteiger partial charge on any atom is -0.458 e. The first-order valence-electron chi connectivity index (χ1n) is 9.81. The highest BCUT2D eigenvalue weighted by Gasteiger charge is 2.30. The SMILES string of the molecule is CC(C)(C)OC(=O)[C@@H](CC1CCCCC1)NC(=O)c1cc2ccc(Cl)nc2s1. The molecule has 1 fully saturated rings. The maximum atomic E-state index is 12.9. The molecule has 0 aromatic carbocycles. The van der Waals surface area contributed by atoms with Gasteiger partial charge in [0.2, 0.25) is 0 Å². The molecule has 0 saturated heterocycles. The van der Waals surface area contributed by atoms with Crippen molar-refractivity contribution >= 4 is 45.0 Å². The Bertz CT molecular complexity index is 853. The fourth-order valence-electron chi connectivity index (χ4n) is 3.58. The van der Waals surface area contributed by atoms with Crippen LogP contribution in [0.3, 0.4) is 0 Å². The average molecular weight is 423 g/mol. The molecule has 0 aliphatic heterocycles. The van der Waals surface area contributed by atoms with Crippen LogP contribution in [-0.4, -0.2) is 28.5 Å². The van der Waals surface area contributed by atoms with E-state index in [-0.39, 0.29) is 11.9 Å². The minimum atomic E-state index is -0.642. The first-order chi connectivity index (χ1) is 13.2. The Hall–Kier alpha value is -1.66. The average Bonchev–Trinajstić information content (AvgIpc) is 3.04. The molecular weight excluding hydrogens is 396 g/mol. The van der Waals surface area contributed by atoms with Gasteiger partial charge in [-0.25, -0.2) is 9.78 Å². The number of thiophene rings is 1. The molecule has 0 bridgehead atoms. The van der Waals surface area contributed by atoms with Gasteiger partial charge < -0.3 is 10.1 Å². The summed E-state index contributed by atoms with van der Waals surface area (Å²) < 4.78 is 5.57. The van der Waals surface area contributed by atoms with Gasteiger partial charge in [-0.3, -0.25) is 4.79 Å². The monoisotopic (exact) mass is 422 g/mol.